The second-order valence-electron chi connectivity index (χ2n) is 2.12. The van der Waals surface area contributed by atoms with Crippen LogP contribution in [0.5, 0.6) is 0 Å². The lowest BCUT2D eigenvalue weighted by molar-refractivity contribution is 0.0475. The van der Waals surface area contributed by atoms with Crippen molar-refractivity contribution >= 4 is 0 Å². The fourth-order valence-electron chi connectivity index (χ4n) is 0.455. The molecule has 0 spiro atoms. The zero-order chi connectivity index (χ0) is 7.11. The van der Waals surface area contributed by atoms with Crippen molar-refractivity contribution in [1.29, 1.82) is 0 Å². The van der Waals surface area contributed by atoms with Crippen LogP contribution in [0.1, 0.15) is 20.3 Å². The summed E-state index contributed by atoms with van der Waals surface area (Å²) in [6.07, 6.45) is 2.68. The van der Waals surface area contributed by atoms with Gasteiger partial charge in [0, 0.05) is 6.61 Å². The molecule has 1 unspecified atom stereocenters. The predicted octanol–water partition coefficient (Wildman–Crippen LogP) is 0.998. The van der Waals surface area contributed by atoms with E-state index < -0.39 is 0 Å². The van der Waals surface area contributed by atoms with Crippen LogP contribution < -0.4 is 0 Å². The minimum atomic E-state index is -0.332. The van der Waals surface area contributed by atoms with Gasteiger partial charge < -0.3 is 9.84 Å². The lowest BCUT2D eigenvalue weighted by atomic mass is 10.4. The average molecular weight is 131 g/mol. The SMILES string of the molecule is C[CH]CCOCC(C)O. The topological polar surface area (TPSA) is 29.5 Å². The maximum absolute atomic E-state index is 8.72. The van der Waals surface area contributed by atoms with E-state index in [0.717, 1.165) is 13.0 Å². The summed E-state index contributed by atoms with van der Waals surface area (Å²) in [5, 5.41) is 8.72. The van der Waals surface area contributed by atoms with Crippen molar-refractivity contribution in [2.75, 3.05) is 13.2 Å². The van der Waals surface area contributed by atoms with Gasteiger partial charge in [0.25, 0.3) is 0 Å². The van der Waals surface area contributed by atoms with Gasteiger partial charge >= 0.3 is 0 Å². The number of rotatable bonds is 5. The molecule has 0 saturated heterocycles. The Balaban J connectivity index is 2.75. The molecular weight excluding hydrogens is 116 g/mol. The molecule has 1 radical (unpaired) electrons. The highest BCUT2D eigenvalue weighted by Crippen LogP contribution is 1.88. The van der Waals surface area contributed by atoms with E-state index in [2.05, 4.69) is 0 Å². The van der Waals surface area contributed by atoms with Crippen LogP contribution in [-0.2, 0) is 4.74 Å². The van der Waals surface area contributed by atoms with Gasteiger partial charge in [0.15, 0.2) is 0 Å². The molecule has 9 heavy (non-hydrogen) atoms. The molecule has 0 saturated carbocycles. The zero-order valence-corrected chi connectivity index (χ0v) is 6.13. The highest BCUT2D eigenvalue weighted by atomic mass is 16.5. The molecule has 0 aliphatic carbocycles. The van der Waals surface area contributed by atoms with Crippen LogP contribution in [0.2, 0.25) is 0 Å². The van der Waals surface area contributed by atoms with E-state index in [1.807, 2.05) is 13.3 Å². The summed E-state index contributed by atoms with van der Waals surface area (Å²) in [7, 11) is 0. The van der Waals surface area contributed by atoms with Gasteiger partial charge in [0.05, 0.1) is 12.7 Å². The first-order valence-electron chi connectivity index (χ1n) is 3.31. The summed E-state index contributed by atoms with van der Waals surface area (Å²) in [6, 6.07) is 0. The Morgan fingerprint density at radius 1 is 1.67 bits per heavy atom. The van der Waals surface area contributed by atoms with Crippen LogP contribution in [0.15, 0.2) is 0 Å². The van der Waals surface area contributed by atoms with Crippen molar-refractivity contribution in [2.45, 2.75) is 26.4 Å². The number of aliphatic hydroxyl groups is 1. The quantitative estimate of drug-likeness (QED) is 0.564. The third-order valence-electron chi connectivity index (χ3n) is 0.910. The van der Waals surface area contributed by atoms with Crippen LogP contribution in [0.4, 0.5) is 0 Å². The molecule has 2 nitrogen and oxygen atoms in total. The molecule has 0 aromatic heterocycles. The van der Waals surface area contributed by atoms with Crippen molar-refractivity contribution in [3.63, 3.8) is 0 Å². The third kappa shape index (κ3) is 7.92. The first-order valence-corrected chi connectivity index (χ1v) is 3.31. The average Bonchev–Trinajstić information content (AvgIpc) is 1.80. The highest BCUT2D eigenvalue weighted by molar-refractivity contribution is 4.53. The van der Waals surface area contributed by atoms with E-state index >= 15 is 0 Å². The van der Waals surface area contributed by atoms with Gasteiger partial charge in [-0.1, -0.05) is 6.92 Å². The molecule has 0 amide bonds. The fourth-order valence-corrected chi connectivity index (χ4v) is 0.455. The molecule has 1 N–H and O–H groups in total. The van der Waals surface area contributed by atoms with Crippen molar-refractivity contribution in [3.8, 4) is 0 Å². The van der Waals surface area contributed by atoms with Gasteiger partial charge in [-0.25, -0.2) is 0 Å². The van der Waals surface area contributed by atoms with Gasteiger partial charge in [-0.15, -0.1) is 0 Å². The molecule has 1 atom stereocenters. The van der Waals surface area contributed by atoms with Crippen LogP contribution in [-0.4, -0.2) is 24.4 Å². The van der Waals surface area contributed by atoms with Crippen molar-refractivity contribution in [1.82, 2.24) is 0 Å². The van der Waals surface area contributed by atoms with E-state index in [9.17, 15) is 0 Å². The molecule has 2 heteroatoms. The maximum atomic E-state index is 8.72. The van der Waals surface area contributed by atoms with Gasteiger partial charge in [-0.05, 0) is 19.8 Å². The summed E-state index contributed by atoms with van der Waals surface area (Å²) < 4.78 is 5.05. The second-order valence-corrected chi connectivity index (χ2v) is 2.12. The monoisotopic (exact) mass is 131 g/mol. The maximum Gasteiger partial charge on any atom is 0.0745 e. The summed E-state index contributed by atoms with van der Waals surface area (Å²) in [6.45, 7) is 4.89. The largest absolute Gasteiger partial charge is 0.391 e. The first kappa shape index (κ1) is 8.92. The first-order chi connectivity index (χ1) is 4.27. The number of hydrogen-bond donors (Lipinski definition) is 1. The molecule has 0 aromatic carbocycles. The minimum absolute atomic E-state index is 0.332. The van der Waals surface area contributed by atoms with E-state index in [4.69, 9.17) is 9.84 Å². The van der Waals surface area contributed by atoms with Crippen molar-refractivity contribution < 1.29 is 9.84 Å². The molecule has 0 fully saturated rings. The van der Waals surface area contributed by atoms with Crippen molar-refractivity contribution in [2.24, 2.45) is 0 Å². The van der Waals surface area contributed by atoms with E-state index in [1.165, 1.54) is 0 Å². The second kappa shape index (κ2) is 6.05. The van der Waals surface area contributed by atoms with Gasteiger partial charge in [0.2, 0.25) is 0 Å². The van der Waals surface area contributed by atoms with Crippen molar-refractivity contribution in [3.05, 3.63) is 6.42 Å². The van der Waals surface area contributed by atoms with Crippen LogP contribution >= 0.6 is 0 Å². The van der Waals surface area contributed by atoms with E-state index in [0.29, 0.717) is 6.61 Å². The molecule has 55 valence electrons. The number of unbranched alkanes of at least 4 members (excludes halogenated alkanes) is 1. The van der Waals surface area contributed by atoms with Crippen LogP contribution in [0.25, 0.3) is 0 Å². The minimum Gasteiger partial charge on any atom is -0.391 e. The van der Waals surface area contributed by atoms with Gasteiger partial charge in [0.1, 0.15) is 0 Å². The molecule has 0 aromatic rings. The third-order valence-corrected chi connectivity index (χ3v) is 0.910. The summed E-state index contributed by atoms with van der Waals surface area (Å²) in [4.78, 5) is 0. The van der Waals surface area contributed by atoms with Gasteiger partial charge in [-0.2, -0.15) is 0 Å². The normalized spacial score (nSPS) is 13.7. The van der Waals surface area contributed by atoms with Crippen LogP contribution in [0, 0.1) is 6.42 Å². The summed E-state index contributed by atoms with van der Waals surface area (Å²) >= 11 is 0. The Bertz CT molecular complexity index is 52.9. The highest BCUT2D eigenvalue weighted by Gasteiger charge is 1.92. The molecule has 0 rings (SSSR count). The summed E-state index contributed by atoms with van der Waals surface area (Å²) in [5.41, 5.74) is 0. The van der Waals surface area contributed by atoms with Crippen LogP contribution in [0.3, 0.4) is 0 Å². The Kier molecular flexibility index (Phi) is 5.99. The molecule has 0 heterocycles. The molecule has 0 aliphatic rings. The Hall–Kier alpha value is -0.0800. The number of hydrogen-bond acceptors (Lipinski definition) is 2. The Morgan fingerprint density at radius 2 is 2.33 bits per heavy atom. The number of aliphatic hydroxyl groups excluding tert-OH is 1. The molecule has 0 bridgehead atoms. The summed E-state index contributed by atoms with van der Waals surface area (Å²) in [5.74, 6) is 0. The number of ether oxygens (including phenoxy) is 1. The smallest absolute Gasteiger partial charge is 0.0745 e. The van der Waals surface area contributed by atoms with E-state index in [-0.39, 0.29) is 6.10 Å². The Morgan fingerprint density at radius 3 is 2.78 bits per heavy atom. The lowest BCUT2D eigenvalue weighted by Gasteiger charge is -2.03. The predicted molar refractivity (Wildman–Crippen MR) is 37.1 cm³/mol. The lowest BCUT2D eigenvalue weighted by Crippen LogP contribution is -2.10. The zero-order valence-electron chi connectivity index (χ0n) is 6.13. The standard InChI is InChI=1S/C7H15O2/c1-3-4-5-9-6-7(2)8/h3,7-8H,4-6H2,1-2H3. The fraction of sp³-hybridized carbons (Fsp3) is 0.857. The van der Waals surface area contributed by atoms with E-state index in [1.54, 1.807) is 6.92 Å². The molecule has 0 aliphatic heterocycles. The molecular formula is C7H15O2. The van der Waals surface area contributed by atoms with Gasteiger partial charge in [-0.3, -0.25) is 0 Å². The Labute approximate surface area is 56.8 Å².